The van der Waals surface area contributed by atoms with E-state index in [2.05, 4.69) is 133 Å². The average molecular weight is 561 g/mol. The molecule has 1 heteroatoms. The molecular weight excluding hydrogens is 497 g/mol. The second-order valence-electron chi connectivity index (χ2n) is 18.2. The third-order valence-electron chi connectivity index (χ3n) is 14.1. The number of hydrogen-bond acceptors (Lipinski definition) is 0. The molecule has 3 saturated carbocycles. The van der Waals surface area contributed by atoms with E-state index in [-0.39, 0.29) is 10.8 Å². The molecule has 0 aromatic rings. The summed E-state index contributed by atoms with van der Waals surface area (Å²) in [5, 5.41) is 0. The van der Waals surface area contributed by atoms with E-state index in [0.29, 0.717) is 23.7 Å². The summed E-state index contributed by atoms with van der Waals surface area (Å²) in [5.74, 6) is 9.70. The molecule has 5 aliphatic carbocycles. The van der Waals surface area contributed by atoms with Crippen molar-refractivity contribution in [1.82, 2.24) is 0 Å². The topological polar surface area (TPSA) is 0 Å². The normalized spacial score (nSPS) is 47.0. The molecule has 0 bridgehead atoms. The monoisotopic (exact) mass is 560 g/mol. The van der Waals surface area contributed by atoms with Crippen LogP contribution in [0.25, 0.3) is 0 Å². The molecule has 5 rings (SSSR count). The summed E-state index contributed by atoms with van der Waals surface area (Å²) >= 11 is 0. The van der Waals surface area contributed by atoms with Crippen LogP contribution >= 0.6 is 0 Å². The van der Waals surface area contributed by atoms with Gasteiger partial charge in [0.15, 0.2) is 0 Å². The predicted octanol–water partition coefficient (Wildman–Crippen LogP) is 11.5. The minimum absolute atomic E-state index is 0.214. The van der Waals surface area contributed by atoms with E-state index in [9.17, 15) is 0 Å². The highest BCUT2D eigenvalue weighted by atomic mass is 28.3. The van der Waals surface area contributed by atoms with Crippen molar-refractivity contribution in [2.45, 2.75) is 114 Å². The van der Waals surface area contributed by atoms with E-state index in [4.69, 9.17) is 0 Å². The van der Waals surface area contributed by atoms with Crippen LogP contribution in [0.15, 0.2) is 47.6 Å². The molecule has 0 aromatic carbocycles. The first-order valence-corrected chi connectivity index (χ1v) is 20.4. The van der Waals surface area contributed by atoms with Gasteiger partial charge >= 0.3 is 0 Å². The van der Waals surface area contributed by atoms with Crippen molar-refractivity contribution in [3.63, 3.8) is 0 Å². The van der Waals surface area contributed by atoms with Gasteiger partial charge in [0, 0.05) is 0 Å². The Bertz CT molecular complexity index is 1030. The molecule has 224 valence electrons. The summed E-state index contributed by atoms with van der Waals surface area (Å²) in [6, 6.07) is 0. The number of allylic oxidation sites excluding steroid dienone is 8. The molecule has 3 fully saturated rings. The van der Waals surface area contributed by atoms with Crippen LogP contribution in [0.1, 0.15) is 89.5 Å². The quantitative estimate of drug-likeness (QED) is 0.301. The average Bonchev–Trinajstić information content (AvgIpc) is 3.36. The van der Waals surface area contributed by atoms with Crippen molar-refractivity contribution in [3.8, 4) is 0 Å². The van der Waals surface area contributed by atoms with Crippen molar-refractivity contribution in [2.24, 2.45) is 81.8 Å². The van der Waals surface area contributed by atoms with Crippen LogP contribution in [0, 0.1) is 81.8 Å². The molecule has 0 saturated heterocycles. The second kappa shape index (κ2) is 10.1. The van der Waals surface area contributed by atoms with Gasteiger partial charge in [-0.25, -0.2) is 0 Å². The Morgan fingerprint density at radius 2 is 1.00 bits per heavy atom. The molecule has 0 heterocycles. The van der Waals surface area contributed by atoms with E-state index >= 15 is 0 Å². The Morgan fingerprint density at radius 3 is 1.40 bits per heavy atom. The van der Waals surface area contributed by atoms with Crippen LogP contribution in [0.5, 0.6) is 0 Å². The minimum Gasteiger partial charge on any atom is -0.0799 e. The fraction of sp³-hybridized carbons (Fsp3) is 0.795. The van der Waals surface area contributed by atoms with Gasteiger partial charge in [-0.3, -0.25) is 0 Å². The zero-order valence-corrected chi connectivity index (χ0v) is 29.8. The summed E-state index contributed by atoms with van der Waals surface area (Å²) in [4.78, 5) is 0. The highest BCUT2D eigenvalue weighted by Crippen LogP contribution is 2.70. The minimum atomic E-state index is -1.74. The van der Waals surface area contributed by atoms with Crippen LogP contribution in [0.3, 0.4) is 0 Å². The Morgan fingerprint density at radius 1 is 0.575 bits per heavy atom. The van der Waals surface area contributed by atoms with E-state index in [1.54, 1.807) is 11.1 Å². The van der Waals surface area contributed by atoms with E-state index < -0.39 is 8.07 Å². The van der Waals surface area contributed by atoms with Crippen molar-refractivity contribution < 1.29 is 0 Å². The van der Waals surface area contributed by atoms with Crippen molar-refractivity contribution in [3.05, 3.63) is 47.6 Å². The Labute approximate surface area is 250 Å². The summed E-state index contributed by atoms with van der Waals surface area (Å²) in [6.45, 7) is 36.1. The van der Waals surface area contributed by atoms with Crippen LogP contribution in [0.4, 0.5) is 0 Å². The molecule has 0 aliphatic heterocycles. The molecule has 40 heavy (non-hydrogen) atoms. The van der Waals surface area contributed by atoms with Gasteiger partial charge in [0.25, 0.3) is 0 Å². The van der Waals surface area contributed by atoms with Gasteiger partial charge in [0.05, 0.1) is 8.07 Å². The number of hydrogen-bond donors (Lipinski definition) is 0. The standard InChI is InChI=1S/C39H64Si/c1-15-29-26(6)36(35-25(5)23(3)22(2)24(4)34(29)35)40(13,14)37-32-20-27(38(7,8)9)16-18-30(32)31-19-17-28(21-33(31)37)39(10,11)12/h16-26,29-37H,15H2,1-14H3. The molecule has 0 amide bonds. The van der Waals surface area contributed by atoms with E-state index in [1.807, 2.05) is 0 Å². The van der Waals surface area contributed by atoms with Crippen molar-refractivity contribution in [1.29, 1.82) is 0 Å². The van der Waals surface area contributed by atoms with Crippen LogP contribution < -0.4 is 0 Å². The van der Waals surface area contributed by atoms with E-state index in [0.717, 1.165) is 58.4 Å². The van der Waals surface area contributed by atoms with Gasteiger partial charge < -0.3 is 0 Å². The maximum absolute atomic E-state index is 2.89. The summed E-state index contributed by atoms with van der Waals surface area (Å²) in [6.07, 6.45) is 17.4. The molecular formula is C39H64Si. The largest absolute Gasteiger partial charge is 0.0799 e. The van der Waals surface area contributed by atoms with Gasteiger partial charge in [0.2, 0.25) is 0 Å². The molecule has 0 N–H and O–H groups in total. The second-order valence-corrected chi connectivity index (χ2v) is 23.1. The molecule has 0 spiro atoms. The fourth-order valence-electron chi connectivity index (χ4n) is 11.7. The lowest BCUT2D eigenvalue weighted by Gasteiger charge is -2.52. The SMILES string of the molecule is CCC1C(C)C([Si](C)(C)C2C3C=C(C(C)(C)C)C=CC3C3C=CC(C(C)(C)C)=CC32)C2C(C)C(C)C(C)C(C)C12. The number of fused-ring (bicyclic) bond motifs is 4. The lowest BCUT2D eigenvalue weighted by Crippen LogP contribution is -2.50. The highest BCUT2D eigenvalue weighted by molar-refractivity contribution is 6.80. The number of rotatable bonds is 3. The first kappa shape index (κ1) is 30.6. The van der Waals surface area contributed by atoms with Gasteiger partial charge in [-0.15, -0.1) is 0 Å². The fourth-order valence-corrected chi connectivity index (χ4v) is 17.9. The molecule has 0 radical (unpaired) electrons. The Kier molecular flexibility index (Phi) is 7.76. The summed E-state index contributed by atoms with van der Waals surface area (Å²) in [5.41, 5.74) is 5.33. The first-order chi connectivity index (χ1) is 18.4. The molecule has 0 aromatic heterocycles. The summed E-state index contributed by atoms with van der Waals surface area (Å²) in [7, 11) is -1.74. The van der Waals surface area contributed by atoms with Crippen LogP contribution in [-0.4, -0.2) is 8.07 Å². The zero-order chi connectivity index (χ0) is 29.7. The Hall–Kier alpha value is -0.823. The molecule has 13 atom stereocenters. The highest BCUT2D eigenvalue weighted by Gasteiger charge is 2.64. The third-order valence-corrected chi connectivity index (χ3v) is 19.2. The maximum Gasteiger partial charge on any atom is 0.0553 e. The third kappa shape index (κ3) is 4.57. The Balaban J connectivity index is 1.65. The van der Waals surface area contributed by atoms with Crippen molar-refractivity contribution in [2.75, 3.05) is 0 Å². The smallest absolute Gasteiger partial charge is 0.0553 e. The molecule has 13 unspecified atom stereocenters. The first-order valence-electron chi connectivity index (χ1n) is 17.2. The predicted molar refractivity (Wildman–Crippen MR) is 179 cm³/mol. The maximum atomic E-state index is 2.89. The van der Waals surface area contributed by atoms with Gasteiger partial charge in [-0.2, -0.15) is 0 Å². The van der Waals surface area contributed by atoms with Gasteiger partial charge in [-0.05, 0) is 104 Å². The van der Waals surface area contributed by atoms with Gasteiger partial charge in [0.1, 0.15) is 0 Å². The van der Waals surface area contributed by atoms with E-state index in [1.165, 1.54) is 6.42 Å². The molecule has 0 nitrogen and oxygen atoms in total. The van der Waals surface area contributed by atoms with Crippen LogP contribution in [0.2, 0.25) is 24.2 Å². The zero-order valence-electron chi connectivity index (χ0n) is 28.8. The summed E-state index contributed by atoms with van der Waals surface area (Å²) < 4.78 is 0. The lowest BCUT2D eigenvalue weighted by atomic mass is 9.58. The lowest BCUT2D eigenvalue weighted by molar-refractivity contribution is 0.00956. The van der Waals surface area contributed by atoms with Crippen molar-refractivity contribution >= 4 is 8.07 Å². The van der Waals surface area contributed by atoms with Crippen LogP contribution in [-0.2, 0) is 0 Å². The molecule has 5 aliphatic rings. The van der Waals surface area contributed by atoms with Gasteiger partial charge in [-0.1, -0.05) is 139 Å².